The number of anilines is 1. The topological polar surface area (TPSA) is 24.5 Å². The Balaban J connectivity index is 1.77. The van der Waals surface area contributed by atoms with Crippen LogP contribution in [0.3, 0.4) is 0 Å². The monoisotopic (exact) mass is 266 g/mol. The van der Waals surface area contributed by atoms with Crippen LogP contribution in [-0.2, 0) is 11.3 Å². The molecule has 0 unspecified atom stereocenters. The number of hydrogen-bond acceptors (Lipinski definition) is 3. The molecule has 1 aromatic carbocycles. The van der Waals surface area contributed by atoms with Crippen LogP contribution in [0, 0.1) is 0 Å². The summed E-state index contributed by atoms with van der Waals surface area (Å²) in [5.41, 5.74) is 2.60. The van der Waals surface area contributed by atoms with Crippen LogP contribution >= 0.6 is 11.6 Å². The number of hydrogen-bond donors (Lipinski definition) is 1. The van der Waals surface area contributed by atoms with Crippen molar-refractivity contribution in [2.75, 3.05) is 31.2 Å². The summed E-state index contributed by atoms with van der Waals surface area (Å²) < 4.78 is 5.41. The van der Waals surface area contributed by atoms with E-state index >= 15 is 0 Å². The van der Waals surface area contributed by atoms with E-state index in [-0.39, 0.29) is 0 Å². The van der Waals surface area contributed by atoms with E-state index in [1.807, 2.05) is 6.07 Å². The summed E-state index contributed by atoms with van der Waals surface area (Å²) >= 11 is 6.13. The molecule has 2 aliphatic rings. The van der Waals surface area contributed by atoms with E-state index in [1.165, 1.54) is 24.1 Å². The minimum atomic E-state index is 0.734. The molecule has 1 aliphatic carbocycles. The fourth-order valence-corrected chi connectivity index (χ4v) is 2.49. The van der Waals surface area contributed by atoms with E-state index in [4.69, 9.17) is 16.3 Å². The largest absolute Gasteiger partial charge is 0.378 e. The summed E-state index contributed by atoms with van der Waals surface area (Å²) in [4.78, 5) is 2.37. The summed E-state index contributed by atoms with van der Waals surface area (Å²) in [7, 11) is 0. The van der Waals surface area contributed by atoms with Crippen molar-refractivity contribution >= 4 is 17.3 Å². The van der Waals surface area contributed by atoms with Crippen molar-refractivity contribution in [3.63, 3.8) is 0 Å². The Morgan fingerprint density at radius 2 is 2.06 bits per heavy atom. The maximum absolute atomic E-state index is 6.13. The predicted octanol–water partition coefficient (Wildman–Crippen LogP) is 2.43. The Morgan fingerprint density at radius 1 is 1.28 bits per heavy atom. The number of benzene rings is 1. The second kappa shape index (κ2) is 5.47. The minimum Gasteiger partial charge on any atom is -0.378 e. The van der Waals surface area contributed by atoms with Crippen LogP contribution in [-0.4, -0.2) is 32.3 Å². The number of ether oxygens (including phenoxy) is 1. The van der Waals surface area contributed by atoms with Crippen molar-refractivity contribution in [2.45, 2.75) is 25.4 Å². The van der Waals surface area contributed by atoms with E-state index in [0.29, 0.717) is 0 Å². The molecule has 0 bridgehead atoms. The molecule has 0 radical (unpaired) electrons. The van der Waals surface area contributed by atoms with Crippen molar-refractivity contribution < 1.29 is 4.74 Å². The number of morpholine rings is 1. The van der Waals surface area contributed by atoms with Crippen LogP contribution in [0.5, 0.6) is 0 Å². The van der Waals surface area contributed by atoms with E-state index in [2.05, 4.69) is 22.3 Å². The molecule has 4 heteroatoms. The fourth-order valence-electron chi connectivity index (χ4n) is 2.33. The number of nitrogens with zero attached hydrogens (tertiary/aromatic N) is 1. The standard InChI is InChI=1S/C14H19ClN2O/c15-12-2-1-11(10-16-13-3-4-13)14(9-12)17-5-7-18-8-6-17/h1-2,9,13,16H,3-8,10H2. The molecule has 0 amide bonds. The van der Waals surface area contributed by atoms with Crippen LogP contribution < -0.4 is 10.2 Å². The SMILES string of the molecule is Clc1ccc(CNC2CC2)c(N2CCOCC2)c1. The van der Waals surface area contributed by atoms with Gasteiger partial charge in [0.1, 0.15) is 0 Å². The molecular formula is C14H19ClN2O. The lowest BCUT2D eigenvalue weighted by Gasteiger charge is -2.31. The van der Waals surface area contributed by atoms with Crippen molar-refractivity contribution in [1.82, 2.24) is 5.32 Å². The van der Waals surface area contributed by atoms with E-state index in [0.717, 1.165) is 43.9 Å². The Bertz CT molecular complexity index is 414. The Morgan fingerprint density at radius 3 is 2.78 bits per heavy atom. The lowest BCUT2D eigenvalue weighted by molar-refractivity contribution is 0.122. The molecule has 0 atom stereocenters. The van der Waals surface area contributed by atoms with E-state index in [1.54, 1.807) is 0 Å². The third kappa shape index (κ3) is 2.97. The Labute approximate surface area is 113 Å². The number of rotatable bonds is 4. The zero-order valence-electron chi connectivity index (χ0n) is 10.5. The highest BCUT2D eigenvalue weighted by atomic mass is 35.5. The molecule has 1 heterocycles. The average molecular weight is 267 g/mol. The van der Waals surface area contributed by atoms with Crippen LogP contribution in [0.25, 0.3) is 0 Å². The summed E-state index contributed by atoms with van der Waals surface area (Å²) in [5, 5.41) is 4.38. The van der Waals surface area contributed by atoms with Crippen LogP contribution in [0.2, 0.25) is 5.02 Å². The van der Waals surface area contributed by atoms with Gasteiger partial charge in [0.2, 0.25) is 0 Å². The summed E-state index contributed by atoms with van der Waals surface area (Å²) in [5.74, 6) is 0. The molecule has 1 saturated heterocycles. The quantitative estimate of drug-likeness (QED) is 0.906. The Hall–Kier alpha value is -0.770. The first kappa shape index (κ1) is 12.3. The summed E-state index contributed by atoms with van der Waals surface area (Å²) in [6.07, 6.45) is 2.64. The maximum Gasteiger partial charge on any atom is 0.0642 e. The molecule has 1 N–H and O–H groups in total. The zero-order chi connectivity index (χ0) is 12.4. The first-order chi connectivity index (χ1) is 8.83. The lowest BCUT2D eigenvalue weighted by atomic mass is 10.1. The van der Waals surface area contributed by atoms with Crippen LogP contribution in [0.15, 0.2) is 18.2 Å². The van der Waals surface area contributed by atoms with Crippen molar-refractivity contribution in [2.24, 2.45) is 0 Å². The lowest BCUT2D eigenvalue weighted by Crippen LogP contribution is -2.37. The zero-order valence-corrected chi connectivity index (χ0v) is 11.2. The minimum absolute atomic E-state index is 0.734. The first-order valence-corrected chi connectivity index (χ1v) is 7.05. The van der Waals surface area contributed by atoms with Crippen LogP contribution in [0.4, 0.5) is 5.69 Å². The molecular weight excluding hydrogens is 248 g/mol. The molecule has 2 fully saturated rings. The second-order valence-corrected chi connectivity index (χ2v) is 5.46. The number of halogens is 1. The van der Waals surface area contributed by atoms with Gasteiger partial charge in [-0.3, -0.25) is 0 Å². The molecule has 3 nitrogen and oxygen atoms in total. The van der Waals surface area contributed by atoms with Gasteiger partial charge in [0, 0.05) is 36.4 Å². The normalized spacial score (nSPS) is 20.2. The molecule has 1 saturated carbocycles. The Kier molecular flexibility index (Phi) is 3.73. The summed E-state index contributed by atoms with van der Waals surface area (Å²) in [6.45, 7) is 4.46. The van der Waals surface area contributed by atoms with Crippen molar-refractivity contribution in [3.05, 3.63) is 28.8 Å². The molecule has 0 spiro atoms. The second-order valence-electron chi connectivity index (χ2n) is 5.03. The smallest absolute Gasteiger partial charge is 0.0642 e. The number of nitrogens with one attached hydrogen (secondary N) is 1. The van der Waals surface area contributed by atoms with Gasteiger partial charge in [-0.25, -0.2) is 0 Å². The van der Waals surface area contributed by atoms with E-state index in [9.17, 15) is 0 Å². The third-order valence-corrected chi connectivity index (χ3v) is 3.79. The molecule has 1 aliphatic heterocycles. The molecule has 3 rings (SSSR count). The van der Waals surface area contributed by atoms with Gasteiger partial charge in [-0.2, -0.15) is 0 Å². The van der Waals surface area contributed by atoms with Gasteiger partial charge in [-0.05, 0) is 30.5 Å². The molecule has 1 aromatic rings. The third-order valence-electron chi connectivity index (χ3n) is 3.56. The molecule has 0 aromatic heterocycles. The highest BCUT2D eigenvalue weighted by Gasteiger charge is 2.21. The molecule has 18 heavy (non-hydrogen) atoms. The van der Waals surface area contributed by atoms with Crippen molar-refractivity contribution in [3.8, 4) is 0 Å². The van der Waals surface area contributed by atoms with Gasteiger partial charge < -0.3 is 15.0 Å². The predicted molar refractivity (Wildman–Crippen MR) is 74.3 cm³/mol. The summed E-state index contributed by atoms with van der Waals surface area (Å²) in [6, 6.07) is 6.94. The fraction of sp³-hybridized carbons (Fsp3) is 0.571. The van der Waals surface area contributed by atoms with Gasteiger partial charge >= 0.3 is 0 Å². The first-order valence-electron chi connectivity index (χ1n) is 6.67. The van der Waals surface area contributed by atoms with Gasteiger partial charge in [0.05, 0.1) is 13.2 Å². The highest BCUT2D eigenvalue weighted by Crippen LogP contribution is 2.27. The van der Waals surface area contributed by atoms with Gasteiger partial charge in [-0.15, -0.1) is 0 Å². The van der Waals surface area contributed by atoms with Crippen LogP contribution in [0.1, 0.15) is 18.4 Å². The van der Waals surface area contributed by atoms with Gasteiger partial charge in [0.25, 0.3) is 0 Å². The highest BCUT2D eigenvalue weighted by molar-refractivity contribution is 6.30. The molecule has 98 valence electrons. The van der Waals surface area contributed by atoms with Gasteiger partial charge in [0.15, 0.2) is 0 Å². The van der Waals surface area contributed by atoms with Crippen molar-refractivity contribution in [1.29, 1.82) is 0 Å². The van der Waals surface area contributed by atoms with Gasteiger partial charge in [-0.1, -0.05) is 17.7 Å². The van der Waals surface area contributed by atoms with E-state index < -0.39 is 0 Å². The average Bonchev–Trinajstić information content (AvgIpc) is 3.22. The maximum atomic E-state index is 6.13.